The third kappa shape index (κ3) is 5.25. The molecule has 0 unspecified atom stereocenters. The van der Waals surface area contributed by atoms with Crippen LogP contribution in [-0.2, 0) is 16.1 Å². The number of aliphatic imine (C=N–C) groups is 1. The molecule has 0 spiro atoms. The van der Waals surface area contributed by atoms with Crippen molar-refractivity contribution >= 4 is 57.2 Å². The molecule has 9 heteroatoms. The number of aromatic nitrogens is 1. The fraction of sp³-hybridized carbons (Fsp3) is 0.194. The van der Waals surface area contributed by atoms with Gasteiger partial charge in [-0.25, -0.2) is 9.79 Å². The number of likely N-dealkylation sites (N-methyl/N-ethyl adjacent to an activating group) is 1. The zero-order valence-electron chi connectivity index (χ0n) is 22.0. The van der Waals surface area contributed by atoms with Gasteiger partial charge in [0.25, 0.3) is 5.91 Å². The fourth-order valence-electron chi connectivity index (χ4n) is 4.98. The van der Waals surface area contributed by atoms with Gasteiger partial charge in [-0.1, -0.05) is 30.3 Å². The summed E-state index contributed by atoms with van der Waals surface area (Å²) in [7, 11) is 1.75. The minimum Gasteiger partial charge on any atom is -0.478 e. The van der Waals surface area contributed by atoms with Crippen molar-refractivity contribution in [1.29, 1.82) is 0 Å². The number of aromatic carboxylic acids is 1. The first kappa shape index (κ1) is 25.9. The molecule has 3 heterocycles. The number of carbonyl (C=O) groups is 2. The number of anilines is 1. The molecule has 0 saturated carbocycles. The van der Waals surface area contributed by atoms with E-state index in [0.717, 1.165) is 59.7 Å². The highest BCUT2D eigenvalue weighted by molar-refractivity contribution is 8.18. The standard InChI is InChI=1S/C31H28N4O4S/c1-33-29(36)28(40-31(33)32-24-9-11-25(12-10-24)34-13-15-39-16-14-34)18-23-20-35(27-8-3-2-7-26(23)27)19-21-5-4-6-22(17-21)30(37)38/h2-12,17-18,20H,13-16,19H2,1H3,(H,37,38)/b28-18-,32-31?. The lowest BCUT2D eigenvalue weighted by Gasteiger charge is -2.28. The molecule has 2 aliphatic heterocycles. The number of thioether (sulfide) groups is 1. The quantitative estimate of drug-likeness (QED) is 0.320. The molecule has 0 bridgehead atoms. The summed E-state index contributed by atoms with van der Waals surface area (Å²) >= 11 is 1.36. The Hall–Kier alpha value is -4.34. The summed E-state index contributed by atoms with van der Waals surface area (Å²) in [4.78, 5) is 33.8. The number of fused-ring (bicyclic) bond motifs is 1. The van der Waals surface area contributed by atoms with Crippen LogP contribution < -0.4 is 4.90 Å². The molecular weight excluding hydrogens is 524 g/mol. The molecule has 1 aromatic heterocycles. The number of amides is 1. The van der Waals surface area contributed by atoms with Crippen LogP contribution in [0.4, 0.5) is 11.4 Å². The van der Waals surface area contributed by atoms with Gasteiger partial charge < -0.3 is 19.3 Å². The summed E-state index contributed by atoms with van der Waals surface area (Å²) in [6.07, 6.45) is 3.93. The molecule has 202 valence electrons. The van der Waals surface area contributed by atoms with Crippen molar-refractivity contribution in [2.45, 2.75) is 6.54 Å². The maximum atomic E-state index is 13.2. The number of hydrogen-bond donors (Lipinski definition) is 1. The van der Waals surface area contributed by atoms with Gasteiger partial charge in [0, 0.05) is 55.0 Å². The Morgan fingerprint density at radius 1 is 1.05 bits per heavy atom. The van der Waals surface area contributed by atoms with E-state index in [9.17, 15) is 14.7 Å². The van der Waals surface area contributed by atoms with Crippen LogP contribution >= 0.6 is 11.8 Å². The van der Waals surface area contributed by atoms with Crippen LogP contribution in [0.5, 0.6) is 0 Å². The van der Waals surface area contributed by atoms with Gasteiger partial charge in [-0.2, -0.15) is 0 Å². The minimum atomic E-state index is -0.948. The Morgan fingerprint density at radius 2 is 1.82 bits per heavy atom. The molecule has 0 atom stereocenters. The molecule has 2 saturated heterocycles. The van der Waals surface area contributed by atoms with E-state index >= 15 is 0 Å². The summed E-state index contributed by atoms with van der Waals surface area (Å²) in [5.41, 5.74) is 5.01. The van der Waals surface area contributed by atoms with Crippen LogP contribution in [0.1, 0.15) is 21.5 Å². The van der Waals surface area contributed by atoms with E-state index in [1.807, 2.05) is 54.7 Å². The van der Waals surface area contributed by atoms with E-state index in [1.165, 1.54) is 11.8 Å². The summed E-state index contributed by atoms with van der Waals surface area (Å²) < 4.78 is 7.53. The number of amidine groups is 1. The molecule has 1 amide bonds. The van der Waals surface area contributed by atoms with Crippen molar-refractivity contribution in [2.24, 2.45) is 4.99 Å². The average molecular weight is 553 g/mol. The molecule has 6 rings (SSSR count). The predicted molar refractivity (Wildman–Crippen MR) is 159 cm³/mol. The second-order valence-corrected chi connectivity index (χ2v) is 10.7. The molecule has 0 radical (unpaired) electrons. The lowest BCUT2D eigenvalue weighted by atomic mass is 10.1. The molecule has 0 aliphatic carbocycles. The third-order valence-electron chi connectivity index (χ3n) is 7.09. The monoisotopic (exact) mass is 552 g/mol. The molecule has 1 N–H and O–H groups in total. The Morgan fingerprint density at radius 3 is 2.60 bits per heavy atom. The molecule has 8 nitrogen and oxygen atoms in total. The Balaban J connectivity index is 1.26. The van der Waals surface area contributed by atoms with Crippen molar-refractivity contribution in [3.63, 3.8) is 0 Å². The van der Waals surface area contributed by atoms with Crippen LogP contribution in [0.25, 0.3) is 17.0 Å². The largest absolute Gasteiger partial charge is 0.478 e. The van der Waals surface area contributed by atoms with E-state index < -0.39 is 5.97 Å². The highest BCUT2D eigenvalue weighted by Crippen LogP contribution is 2.35. The van der Waals surface area contributed by atoms with Gasteiger partial charge in [0.2, 0.25) is 0 Å². The van der Waals surface area contributed by atoms with Crippen LogP contribution in [0, 0.1) is 0 Å². The van der Waals surface area contributed by atoms with Crippen molar-refractivity contribution < 1.29 is 19.4 Å². The Kier molecular flexibility index (Phi) is 7.15. The van der Waals surface area contributed by atoms with Crippen LogP contribution in [0.15, 0.2) is 88.9 Å². The normalized spacial score (nSPS) is 17.9. The predicted octanol–water partition coefficient (Wildman–Crippen LogP) is 5.46. The fourth-order valence-corrected chi connectivity index (χ4v) is 5.96. The minimum absolute atomic E-state index is 0.0975. The molecule has 3 aromatic carbocycles. The average Bonchev–Trinajstić information content (AvgIpc) is 3.46. The van der Waals surface area contributed by atoms with Crippen LogP contribution in [-0.4, -0.2) is 65.0 Å². The number of hydrogen-bond acceptors (Lipinski definition) is 6. The van der Waals surface area contributed by atoms with Gasteiger partial charge in [-0.3, -0.25) is 9.69 Å². The first-order valence-corrected chi connectivity index (χ1v) is 13.9. The number of carbonyl (C=O) groups excluding carboxylic acids is 1. The van der Waals surface area contributed by atoms with Gasteiger partial charge in [0.1, 0.15) is 0 Å². The Labute approximate surface area is 236 Å². The van der Waals surface area contributed by atoms with E-state index in [0.29, 0.717) is 16.6 Å². The number of carboxylic acids is 1. The lowest BCUT2D eigenvalue weighted by Crippen LogP contribution is -2.36. The summed E-state index contributed by atoms with van der Waals surface area (Å²) in [5.74, 6) is -1.05. The van der Waals surface area contributed by atoms with Crippen molar-refractivity contribution in [3.05, 3.63) is 101 Å². The number of carboxylic acid groups (broad SMARTS) is 1. The summed E-state index contributed by atoms with van der Waals surface area (Å²) in [6, 6.07) is 23.0. The smallest absolute Gasteiger partial charge is 0.335 e. The topological polar surface area (TPSA) is 87.4 Å². The molecular formula is C31H28N4O4S. The van der Waals surface area contributed by atoms with Gasteiger partial charge in [-0.15, -0.1) is 0 Å². The summed E-state index contributed by atoms with van der Waals surface area (Å²) in [6.45, 7) is 3.73. The van der Waals surface area contributed by atoms with Gasteiger partial charge in [0.05, 0.1) is 29.4 Å². The molecule has 4 aromatic rings. The number of morpholine rings is 1. The lowest BCUT2D eigenvalue weighted by molar-refractivity contribution is -0.121. The van der Waals surface area contributed by atoms with E-state index in [2.05, 4.69) is 21.6 Å². The maximum absolute atomic E-state index is 13.2. The highest BCUT2D eigenvalue weighted by Gasteiger charge is 2.30. The number of para-hydroxylation sites is 1. The molecule has 2 fully saturated rings. The van der Waals surface area contributed by atoms with Gasteiger partial charge in [-0.05, 0) is 65.9 Å². The first-order valence-electron chi connectivity index (χ1n) is 13.1. The van der Waals surface area contributed by atoms with Gasteiger partial charge in [0.15, 0.2) is 5.17 Å². The number of nitrogens with zero attached hydrogens (tertiary/aromatic N) is 4. The zero-order chi connectivity index (χ0) is 27.6. The third-order valence-corrected chi connectivity index (χ3v) is 8.15. The van der Waals surface area contributed by atoms with Crippen LogP contribution in [0.2, 0.25) is 0 Å². The van der Waals surface area contributed by atoms with Crippen molar-refractivity contribution in [1.82, 2.24) is 9.47 Å². The number of benzene rings is 3. The first-order chi connectivity index (χ1) is 19.5. The van der Waals surface area contributed by atoms with Crippen LogP contribution in [0.3, 0.4) is 0 Å². The Bertz CT molecular complexity index is 1650. The maximum Gasteiger partial charge on any atom is 0.335 e. The molecule has 2 aliphatic rings. The SMILES string of the molecule is CN1C(=O)/C(=C/c2cn(Cc3cccc(C(=O)O)c3)c3ccccc23)SC1=Nc1ccc(N2CCOCC2)cc1. The summed E-state index contributed by atoms with van der Waals surface area (Å²) in [5, 5.41) is 11.0. The highest BCUT2D eigenvalue weighted by atomic mass is 32.2. The van der Waals surface area contributed by atoms with E-state index in [4.69, 9.17) is 9.73 Å². The van der Waals surface area contributed by atoms with E-state index in [-0.39, 0.29) is 11.5 Å². The second-order valence-electron chi connectivity index (χ2n) is 9.72. The van der Waals surface area contributed by atoms with E-state index in [1.54, 1.807) is 30.1 Å². The van der Waals surface area contributed by atoms with Gasteiger partial charge >= 0.3 is 5.97 Å². The van der Waals surface area contributed by atoms with Crippen molar-refractivity contribution in [3.8, 4) is 0 Å². The molecule has 40 heavy (non-hydrogen) atoms. The van der Waals surface area contributed by atoms with Crippen molar-refractivity contribution in [2.75, 3.05) is 38.3 Å². The zero-order valence-corrected chi connectivity index (χ0v) is 22.8. The number of ether oxygens (including phenoxy) is 1. The second kappa shape index (κ2) is 11.0. The number of rotatable bonds is 6.